The quantitative estimate of drug-likeness (QED) is 0.795. The Balaban J connectivity index is 1.39. The molecule has 4 saturated heterocycles. The molecular formula is C16H27N3O2. The first-order valence-electron chi connectivity index (χ1n) is 8.62. The summed E-state index contributed by atoms with van der Waals surface area (Å²) in [7, 11) is 2.20. The van der Waals surface area contributed by atoms with Gasteiger partial charge < -0.3 is 19.9 Å². The molecule has 5 atom stereocenters. The van der Waals surface area contributed by atoms with Crippen LogP contribution in [0, 0.1) is 5.92 Å². The van der Waals surface area contributed by atoms with E-state index in [1.807, 2.05) is 0 Å². The number of urea groups is 1. The number of likely N-dealkylation sites (tertiary alicyclic amines) is 2. The lowest BCUT2D eigenvalue weighted by Gasteiger charge is -2.46. The van der Waals surface area contributed by atoms with Gasteiger partial charge in [0.1, 0.15) is 0 Å². The summed E-state index contributed by atoms with van der Waals surface area (Å²) in [4.78, 5) is 17.3. The number of ether oxygens (including phenoxy) is 1. The van der Waals surface area contributed by atoms with E-state index in [0.29, 0.717) is 18.1 Å². The van der Waals surface area contributed by atoms with E-state index in [1.54, 1.807) is 0 Å². The second-order valence-electron chi connectivity index (χ2n) is 7.38. The normalized spacial score (nSPS) is 42.9. The number of nitrogens with one attached hydrogen (secondary N) is 1. The Morgan fingerprint density at radius 3 is 2.86 bits per heavy atom. The van der Waals surface area contributed by atoms with E-state index < -0.39 is 0 Å². The van der Waals surface area contributed by atoms with Crippen LogP contribution in [0.25, 0.3) is 0 Å². The van der Waals surface area contributed by atoms with Crippen LogP contribution >= 0.6 is 0 Å². The summed E-state index contributed by atoms with van der Waals surface area (Å²) in [5.41, 5.74) is 0. The Morgan fingerprint density at radius 1 is 1.19 bits per heavy atom. The lowest BCUT2D eigenvalue weighted by atomic mass is 9.84. The van der Waals surface area contributed by atoms with Crippen molar-refractivity contribution in [2.24, 2.45) is 5.92 Å². The first kappa shape index (κ1) is 13.8. The molecule has 4 rings (SSSR count). The Kier molecular flexibility index (Phi) is 3.58. The molecule has 4 aliphatic heterocycles. The first-order valence-corrected chi connectivity index (χ1v) is 8.62. The molecule has 5 heteroatoms. The van der Waals surface area contributed by atoms with Crippen molar-refractivity contribution in [3.8, 4) is 0 Å². The van der Waals surface area contributed by atoms with Crippen LogP contribution in [0.1, 0.15) is 38.5 Å². The monoisotopic (exact) mass is 293 g/mol. The van der Waals surface area contributed by atoms with Crippen molar-refractivity contribution in [3.05, 3.63) is 0 Å². The molecule has 0 aromatic heterocycles. The minimum atomic E-state index is 0.162. The van der Waals surface area contributed by atoms with Crippen LogP contribution in [0.5, 0.6) is 0 Å². The Morgan fingerprint density at radius 2 is 2.10 bits per heavy atom. The number of rotatable bonds is 1. The van der Waals surface area contributed by atoms with Gasteiger partial charge in [-0.05, 0) is 58.0 Å². The minimum absolute atomic E-state index is 0.162. The fourth-order valence-electron chi connectivity index (χ4n) is 4.87. The van der Waals surface area contributed by atoms with Gasteiger partial charge in [-0.25, -0.2) is 4.79 Å². The summed E-state index contributed by atoms with van der Waals surface area (Å²) in [5, 5.41) is 3.27. The van der Waals surface area contributed by atoms with Gasteiger partial charge in [0.2, 0.25) is 0 Å². The van der Waals surface area contributed by atoms with Crippen LogP contribution in [-0.4, -0.2) is 66.8 Å². The first-order chi connectivity index (χ1) is 10.2. The van der Waals surface area contributed by atoms with Gasteiger partial charge in [0.15, 0.2) is 0 Å². The van der Waals surface area contributed by atoms with E-state index >= 15 is 0 Å². The summed E-state index contributed by atoms with van der Waals surface area (Å²) >= 11 is 0. The summed E-state index contributed by atoms with van der Waals surface area (Å²) in [5.74, 6) is 0.666. The number of piperidine rings is 2. The van der Waals surface area contributed by atoms with Crippen molar-refractivity contribution in [1.82, 2.24) is 15.1 Å². The number of carbonyl (C=O) groups is 1. The van der Waals surface area contributed by atoms with Gasteiger partial charge in [-0.1, -0.05) is 0 Å². The number of amides is 2. The van der Waals surface area contributed by atoms with Crippen molar-refractivity contribution in [1.29, 1.82) is 0 Å². The van der Waals surface area contributed by atoms with E-state index in [9.17, 15) is 4.79 Å². The molecule has 1 N–H and O–H groups in total. The number of hydrogen-bond donors (Lipinski definition) is 1. The topological polar surface area (TPSA) is 44.8 Å². The Labute approximate surface area is 127 Å². The summed E-state index contributed by atoms with van der Waals surface area (Å²) in [6.07, 6.45) is 7.54. The van der Waals surface area contributed by atoms with Gasteiger partial charge in [0.25, 0.3) is 0 Å². The zero-order valence-corrected chi connectivity index (χ0v) is 13.0. The van der Waals surface area contributed by atoms with Crippen LogP contribution < -0.4 is 5.32 Å². The van der Waals surface area contributed by atoms with E-state index in [1.165, 1.54) is 12.8 Å². The summed E-state index contributed by atoms with van der Waals surface area (Å²) in [6.45, 7) is 3.19. The standard InChI is InChI=1S/C16H27N3O2/c1-18-8-6-14-11(10-18)3-2-7-19(14)16(20)17-13-9-12-4-5-15(13)21-12/h11-15H,2-10H2,1H3,(H,17,20)/t11-,12+,13-,14+,15+/m0/s1. The van der Waals surface area contributed by atoms with Crippen molar-refractivity contribution in [3.63, 3.8) is 0 Å². The van der Waals surface area contributed by atoms with Gasteiger partial charge in [0.05, 0.1) is 18.2 Å². The third-order valence-electron chi connectivity index (χ3n) is 5.95. The molecule has 0 aromatic carbocycles. The van der Waals surface area contributed by atoms with E-state index in [0.717, 1.165) is 45.3 Å². The maximum atomic E-state index is 12.7. The number of fused-ring (bicyclic) bond motifs is 3. The van der Waals surface area contributed by atoms with Gasteiger partial charge in [-0.15, -0.1) is 0 Å². The van der Waals surface area contributed by atoms with E-state index in [-0.39, 0.29) is 18.2 Å². The molecule has 0 spiro atoms. The third kappa shape index (κ3) is 2.55. The molecule has 2 amide bonds. The average Bonchev–Trinajstić information content (AvgIpc) is 3.08. The van der Waals surface area contributed by atoms with Crippen LogP contribution in [0.2, 0.25) is 0 Å². The van der Waals surface area contributed by atoms with Gasteiger partial charge in [-0.3, -0.25) is 0 Å². The molecule has 4 aliphatic rings. The maximum absolute atomic E-state index is 12.7. The third-order valence-corrected chi connectivity index (χ3v) is 5.95. The number of carbonyl (C=O) groups excluding carboxylic acids is 1. The molecule has 2 bridgehead atoms. The second-order valence-corrected chi connectivity index (χ2v) is 7.38. The molecule has 0 saturated carbocycles. The fraction of sp³-hybridized carbons (Fsp3) is 0.938. The smallest absolute Gasteiger partial charge is 0.317 e. The fourth-order valence-corrected chi connectivity index (χ4v) is 4.87. The highest BCUT2D eigenvalue weighted by atomic mass is 16.5. The zero-order valence-electron chi connectivity index (χ0n) is 13.0. The summed E-state index contributed by atoms with van der Waals surface area (Å²) < 4.78 is 5.85. The van der Waals surface area contributed by atoms with Crippen molar-refractivity contribution in [2.75, 3.05) is 26.7 Å². The van der Waals surface area contributed by atoms with Gasteiger partial charge >= 0.3 is 6.03 Å². The van der Waals surface area contributed by atoms with Crippen molar-refractivity contribution >= 4 is 6.03 Å². The number of hydrogen-bond acceptors (Lipinski definition) is 3. The maximum Gasteiger partial charge on any atom is 0.317 e. The second kappa shape index (κ2) is 5.43. The molecule has 21 heavy (non-hydrogen) atoms. The van der Waals surface area contributed by atoms with Crippen molar-refractivity contribution in [2.45, 2.75) is 62.8 Å². The Hall–Kier alpha value is -0.810. The lowest BCUT2D eigenvalue weighted by molar-refractivity contribution is 0.0504. The lowest BCUT2D eigenvalue weighted by Crippen LogP contribution is -2.59. The number of nitrogens with zero attached hydrogens (tertiary/aromatic N) is 2. The van der Waals surface area contributed by atoms with Crippen LogP contribution in [0.15, 0.2) is 0 Å². The molecule has 0 radical (unpaired) electrons. The molecular weight excluding hydrogens is 266 g/mol. The molecule has 5 nitrogen and oxygen atoms in total. The molecule has 118 valence electrons. The van der Waals surface area contributed by atoms with E-state index in [2.05, 4.69) is 22.2 Å². The highest BCUT2D eigenvalue weighted by Crippen LogP contribution is 2.35. The molecule has 4 fully saturated rings. The largest absolute Gasteiger partial charge is 0.373 e. The van der Waals surface area contributed by atoms with Gasteiger partial charge in [-0.2, -0.15) is 0 Å². The van der Waals surface area contributed by atoms with Crippen LogP contribution in [-0.2, 0) is 4.74 Å². The highest BCUT2D eigenvalue weighted by molar-refractivity contribution is 5.75. The zero-order chi connectivity index (χ0) is 14.4. The predicted octanol–water partition coefficient (Wildman–Crippen LogP) is 1.43. The molecule has 4 heterocycles. The van der Waals surface area contributed by atoms with Gasteiger partial charge in [0, 0.05) is 19.1 Å². The van der Waals surface area contributed by atoms with E-state index in [4.69, 9.17) is 4.74 Å². The summed E-state index contributed by atoms with van der Waals surface area (Å²) in [6, 6.07) is 0.868. The molecule has 0 aliphatic carbocycles. The molecule has 0 aromatic rings. The minimum Gasteiger partial charge on any atom is -0.373 e. The molecule has 0 unspecified atom stereocenters. The SMILES string of the molecule is CN1CC[C@@H]2[C@@H](CCCN2C(=O)N[C@H]2C[C@H]3CC[C@H]2O3)C1. The van der Waals surface area contributed by atoms with Crippen molar-refractivity contribution < 1.29 is 9.53 Å². The predicted molar refractivity (Wildman–Crippen MR) is 80.2 cm³/mol. The van der Waals surface area contributed by atoms with Crippen LogP contribution in [0.3, 0.4) is 0 Å². The Bertz CT molecular complexity index is 416. The van der Waals surface area contributed by atoms with Crippen LogP contribution in [0.4, 0.5) is 4.79 Å². The highest BCUT2D eigenvalue weighted by Gasteiger charge is 2.43. The average molecular weight is 293 g/mol.